The average molecular weight is 214 g/mol. The van der Waals surface area contributed by atoms with E-state index in [0.717, 1.165) is 12.2 Å². The topological polar surface area (TPSA) is 35.8 Å². The van der Waals surface area contributed by atoms with E-state index in [9.17, 15) is 0 Å². The Balaban J connectivity index is 3.79. The number of thioether (sulfide) groups is 1. The predicted octanol–water partition coefficient (Wildman–Crippen LogP) is 2.66. The van der Waals surface area contributed by atoms with Crippen LogP contribution in [0.2, 0.25) is 0 Å². The summed E-state index contributed by atoms with van der Waals surface area (Å²) in [6.07, 6.45) is 0.904. The van der Waals surface area contributed by atoms with Gasteiger partial charge in [0.2, 0.25) is 0 Å². The van der Waals surface area contributed by atoms with Crippen LogP contribution in [0.15, 0.2) is 0 Å². The minimum atomic E-state index is -0.357. The molecule has 0 rings (SSSR count). The molecule has 1 N–H and O–H groups in total. The highest BCUT2D eigenvalue weighted by Crippen LogP contribution is 2.21. The second kappa shape index (κ2) is 6.31. The van der Waals surface area contributed by atoms with Gasteiger partial charge in [-0.1, -0.05) is 20.8 Å². The van der Waals surface area contributed by atoms with E-state index in [-0.39, 0.29) is 5.54 Å². The Morgan fingerprint density at radius 2 is 2.00 bits per heavy atom. The van der Waals surface area contributed by atoms with Crippen molar-refractivity contribution >= 4 is 11.8 Å². The van der Waals surface area contributed by atoms with Gasteiger partial charge in [-0.15, -0.1) is 0 Å². The fourth-order valence-electron chi connectivity index (χ4n) is 0.878. The number of hydrogen-bond donors (Lipinski definition) is 1. The Morgan fingerprint density at radius 3 is 2.36 bits per heavy atom. The van der Waals surface area contributed by atoms with E-state index in [1.54, 1.807) is 0 Å². The molecule has 0 bridgehead atoms. The van der Waals surface area contributed by atoms with Crippen LogP contribution in [0.3, 0.4) is 0 Å². The van der Waals surface area contributed by atoms with Gasteiger partial charge in [0.25, 0.3) is 0 Å². The second-order valence-electron chi connectivity index (χ2n) is 4.26. The standard InChI is InChI=1S/C11H22N2S/c1-9(2)10(3)14-7-6-11(4,8-12)13-5/h9-10,13H,6-7H2,1-5H3. The summed E-state index contributed by atoms with van der Waals surface area (Å²) in [4.78, 5) is 0. The predicted molar refractivity (Wildman–Crippen MR) is 64.5 cm³/mol. The zero-order valence-corrected chi connectivity index (χ0v) is 10.7. The van der Waals surface area contributed by atoms with Crippen LogP contribution in [-0.4, -0.2) is 23.6 Å². The molecule has 2 atom stereocenters. The summed E-state index contributed by atoms with van der Waals surface area (Å²) >= 11 is 1.95. The molecule has 82 valence electrons. The van der Waals surface area contributed by atoms with Gasteiger partial charge in [-0.3, -0.25) is 0 Å². The molecule has 0 radical (unpaired) electrons. The molecule has 0 saturated carbocycles. The molecule has 0 aliphatic carbocycles. The van der Waals surface area contributed by atoms with E-state index in [2.05, 4.69) is 32.2 Å². The number of nitriles is 1. The fraction of sp³-hybridized carbons (Fsp3) is 0.909. The lowest BCUT2D eigenvalue weighted by molar-refractivity contribution is 0.479. The van der Waals surface area contributed by atoms with Crippen LogP contribution in [0.1, 0.15) is 34.1 Å². The zero-order valence-electron chi connectivity index (χ0n) is 9.92. The van der Waals surface area contributed by atoms with E-state index in [0.29, 0.717) is 11.2 Å². The van der Waals surface area contributed by atoms with Crippen molar-refractivity contribution in [2.24, 2.45) is 5.92 Å². The van der Waals surface area contributed by atoms with Crippen LogP contribution >= 0.6 is 11.8 Å². The van der Waals surface area contributed by atoms with Gasteiger partial charge in [0, 0.05) is 5.25 Å². The third kappa shape index (κ3) is 4.88. The molecule has 3 heteroatoms. The van der Waals surface area contributed by atoms with Crippen molar-refractivity contribution in [3.05, 3.63) is 0 Å². The maximum absolute atomic E-state index is 8.94. The molecule has 2 unspecified atom stereocenters. The highest BCUT2D eigenvalue weighted by Gasteiger charge is 2.21. The monoisotopic (exact) mass is 214 g/mol. The largest absolute Gasteiger partial charge is 0.303 e. The molecule has 0 saturated heterocycles. The lowest BCUT2D eigenvalue weighted by Gasteiger charge is -2.22. The minimum Gasteiger partial charge on any atom is -0.303 e. The van der Waals surface area contributed by atoms with Crippen molar-refractivity contribution in [2.75, 3.05) is 12.8 Å². The molecule has 0 amide bonds. The van der Waals surface area contributed by atoms with Crippen molar-refractivity contribution in [1.29, 1.82) is 5.26 Å². The lowest BCUT2D eigenvalue weighted by Crippen LogP contribution is -2.38. The van der Waals surface area contributed by atoms with E-state index in [1.165, 1.54) is 0 Å². The van der Waals surface area contributed by atoms with E-state index in [4.69, 9.17) is 5.26 Å². The Hall–Kier alpha value is -0.200. The Bertz CT molecular complexity index is 198. The number of nitrogens with one attached hydrogen (secondary N) is 1. The first-order valence-corrected chi connectivity index (χ1v) is 6.22. The number of hydrogen-bond acceptors (Lipinski definition) is 3. The minimum absolute atomic E-state index is 0.357. The third-order valence-corrected chi connectivity index (χ3v) is 4.23. The maximum atomic E-state index is 8.94. The molecule has 0 aromatic heterocycles. The summed E-state index contributed by atoms with van der Waals surface area (Å²) in [6.45, 7) is 8.67. The second-order valence-corrected chi connectivity index (χ2v) is 5.75. The highest BCUT2D eigenvalue weighted by atomic mass is 32.2. The molecule has 0 spiro atoms. The van der Waals surface area contributed by atoms with Gasteiger partial charge in [0.05, 0.1) is 6.07 Å². The molecule has 2 nitrogen and oxygen atoms in total. The molecule has 0 aromatic carbocycles. The molecule has 0 fully saturated rings. The summed E-state index contributed by atoms with van der Waals surface area (Å²) in [5, 5.41) is 12.7. The van der Waals surface area contributed by atoms with E-state index < -0.39 is 0 Å². The van der Waals surface area contributed by atoms with Gasteiger partial charge in [0.15, 0.2) is 0 Å². The van der Waals surface area contributed by atoms with Gasteiger partial charge >= 0.3 is 0 Å². The van der Waals surface area contributed by atoms with Crippen LogP contribution < -0.4 is 5.32 Å². The summed E-state index contributed by atoms with van der Waals surface area (Å²) in [6, 6.07) is 2.31. The molecule has 0 heterocycles. The number of nitrogens with zero attached hydrogens (tertiary/aromatic N) is 1. The average Bonchev–Trinajstić information content (AvgIpc) is 2.17. The molecule has 0 aromatic rings. The van der Waals surface area contributed by atoms with Crippen molar-refractivity contribution in [2.45, 2.75) is 44.9 Å². The lowest BCUT2D eigenvalue weighted by atomic mass is 10.0. The first kappa shape index (κ1) is 13.8. The molecule has 0 aliphatic rings. The fourth-order valence-corrected chi connectivity index (χ4v) is 2.16. The van der Waals surface area contributed by atoms with Gasteiger partial charge in [-0.2, -0.15) is 17.0 Å². The van der Waals surface area contributed by atoms with E-state index in [1.807, 2.05) is 25.7 Å². The van der Waals surface area contributed by atoms with Crippen molar-refractivity contribution in [1.82, 2.24) is 5.32 Å². The maximum Gasteiger partial charge on any atom is 0.104 e. The van der Waals surface area contributed by atoms with Gasteiger partial charge in [0.1, 0.15) is 5.54 Å². The quantitative estimate of drug-likeness (QED) is 0.738. The first-order chi connectivity index (χ1) is 6.45. The summed E-state index contributed by atoms with van der Waals surface area (Å²) in [7, 11) is 1.85. The smallest absolute Gasteiger partial charge is 0.104 e. The third-order valence-electron chi connectivity index (χ3n) is 2.72. The summed E-state index contributed by atoms with van der Waals surface area (Å²) < 4.78 is 0. The SMILES string of the molecule is CNC(C)(C#N)CCSC(C)C(C)C. The highest BCUT2D eigenvalue weighted by molar-refractivity contribution is 7.99. The van der Waals surface area contributed by atoms with Crippen molar-refractivity contribution in [3.8, 4) is 6.07 Å². The summed E-state index contributed by atoms with van der Waals surface area (Å²) in [5.41, 5.74) is -0.357. The molecular weight excluding hydrogens is 192 g/mol. The van der Waals surface area contributed by atoms with Crippen LogP contribution in [-0.2, 0) is 0 Å². The van der Waals surface area contributed by atoms with Crippen LogP contribution in [0, 0.1) is 17.2 Å². The van der Waals surface area contributed by atoms with E-state index >= 15 is 0 Å². The molecular formula is C11H22N2S. The van der Waals surface area contributed by atoms with Gasteiger partial charge < -0.3 is 5.32 Å². The van der Waals surface area contributed by atoms with Crippen LogP contribution in [0.25, 0.3) is 0 Å². The summed E-state index contributed by atoms with van der Waals surface area (Å²) in [5.74, 6) is 1.76. The van der Waals surface area contributed by atoms with Crippen LogP contribution in [0.5, 0.6) is 0 Å². The Kier molecular flexibility index (Phi) is 6.22. The first-order valence-electron chi connectivity index (χ1n) is 5.17. The van der Waals surface area contributed by atoms with Crippen molar-refractivity contribution in [3.63, 3.8) is 0 Å². The van der Waals surface area contributed by atoms with Crippen LogP contribution in [0.4, 0.5) is 0 Å². The zero-order chi connectivity index (χ0) is 11.2. The molecule has 0 aliphatic heterocycles. The normalized spacial score (nSPS) is 17.5. The van der Waals surface area contributed by atoms with Gasteiger partial charge in [-0.25, -0.2) is 0 Å². The van der Waals surface area contributed by atoms with Crippen molar-refractivity contribution < 1.29 is 0 Å². The Morgan fingerprint density at radius 1 is 1.43 bits per heavy atom. The molecule has 14 heavy (non-hydrogen) atoms. The Labute approximate surface area is 92.5 Å². The van der Waals surface area contributed by atoms with Gasteiger partial charge in [-0.05, 0) is 32.1 Å². The number of rotatable bonds is 6.